The van der Waals surface area contributed by atoms with E-state index in [-0.39, 0.29) is 0 Å². The van der Waals surface area contributed by atoms with Gasteiger partial charge in [-0.1, -0.05) is 0 Å². The first-order chi connectivity index (χ1) is 3.39. The van der Waals surface area contributed by atoms with E-state index in [2.05, 4.69) is 26.9 Å². The van der Waals surface area contributed by atoms with Gasteiger partial charge in [-0.25, -0.2) is 0 Å². The molecule has 0 aliphatic carbocycles. The van der Waals surface area contributed by atoms with Crippen molar-refractivity contribution in [3.8, 4) is 0 Å². The molecular formula is C3H3N4+. The van der Waals surface area contributed by atoms with E-state index in [9.17, 15) is 0 Å². The summed E-state index contributed by atoms with van der Waals surface area (Å²) in [5, 5.41) is 13.3. The molecule has 2 radical (unpaired) electrons. The summed E-state index contributed by atoms with van der Waals surface area (Å²) in [5.74, 6) is 0. The molecule has 1 heterocycles. The molecule has 0 bridgehead atoms. The predicted molar refractivity (Wildman–Crippen MR) is 21.8 cm³/mol. The van der Waals surface area contributed by atoms with E-state index >= 15 is 0 Å². The minimum absolute atomic E-state index is 0.662. The van der Waals surface area contributed by atoms with Crippen LogP contribution in [-0.4, -0.2) is 0 Å². The average Bonchev–Trinajstić information content (AvgIpc) is 1.69. The molecule has 0 amide bonds. The van der Waals surface area contributed by atoms with E-state index in [4.69, 9.17) is 0 Å². The van der Waals surface area contributed by atoms with E-state index in [0.29, 0.717) is 5.70 Å². The van der Waals surface area contributed by atoms with Crippen molar-refractivity contribution < 1.29 is 0 Å². The van der Waals surface area contributed by atoms with Crippen LogP contribution in [-0.2, 0) is 0 Å². The molecule has 34 valence electrons. The SMILES string of the molecule is CC1=[C]N=[N+]N=N1. The van der Waals surface area contributed by atoms with Crippen molar-refractivity contribution >= 4 is 0 Å². The molecule has 1 aliphatic rings. The van der Waals surface area contributed by atoms with Gasteiger partial charge < -0.3 is 0 Å². The van der Waals surface area contributed by atoms with Gasteiger partial charge in [-0.2, -0.15) is 0 Å². The van der Waals surface area contributed by atoms with Gasteiger partial charge in [0.2, 0.25) is 16.1 Å². The summed E-state index contributed by atoms with van der Waals surface area (Å²) >= 11 is 0. The molecule has 0 aromatic rings. The summed E-state index contributed by atoms with van der Waals surface area (Å²) in [6.45, 7) is 1.75. The second-order valence-electron chi connectivity index (χ2n) is 1.08. The monoisotopic (exact) mass is 95.0 g/mol. The molecule has 0 aromatic carbocycles. The zero-order valence-corrected chi connectivity index (χ0v) is 3.79. The maximum atomic E-state index is 3.50. The number of hydrogen-bond acceptors (Lipinski definition) is 4. The molecule has 0 saturated heterocycles. The standard InChI is InChI=1S/C3H3N4/c1-3-2-4-6-7-5-3/h1H3/q+1. The van der Waals surface area contributed by atoms with Gasteiger partial charge in [0.05, 0.1) is 5.11 Å². The lowest BCUT2D eigenvalue weighted by atomic mass is 10.6. The van der Waals surface area contributed by atoms with E-state index in [1.54, 1.807) is 6.92 Å². The maximum absolute atomic E-state index is 3.50. The highest BCUT2D eigenvalue weighted by Gasteiger charge is 1.98. The highest BCUT2D eigenvalue weighted by atomic mass is 15.5. The number of hydrogen-bond donors (Lipinski definition) is 0. The van der Waals surface area contributed by atoms with Crippen molar-refractivity contribution in [1.82, 2.24) is 5.22 Å². The van der Waals surface area contributed by atoms with Gasteiger partial charge in [0, 0.05) is 6.92 Å². The van der Waals surface area contributed by atoms with Crippen LogP contribution in [0.15, 0.2) is 21.1 Å². The summed E-state index contributed by atoms with van der Waals surface area (Å²) in [6, 6.07) is 0. The molecule has 0 spiro atoms. The summed E-state index contributed by atoms with van der Waals surface area (Å²) in [6.07, 6.45) is 2.50. The second kappa shape index (κ2) is 1.59. The lowest BCUT2D eigenvalue weighted by Crippen LogP contribution is -1.77. The Labute approximate surface area is 40.6 Å². The Bertz CT molecular complexity index is 143. The molecule has 7 heavy (non-hydrogen) atoms. The first kappa shape index (κ1) is 4.11. The van der Waals surface area contributed by atoms with Gasteiger partial charge >= 0.3 is 0 Å². The molecule has 0 atom stereocenters. The van der Waals surface area contributed by atoms with Crippen LogP contribution >= 0.6 is 0 Å². The summed E-state index contributed by atoms with van der Waals surface area (Å²) in [7, 11) is 0. The highest BCUT2D eigenvalue weighted by molar-refractivity contribution is 4.86. The normalized spacial score (nSPS) is 17.0. The van der Waals surface area contributed by atoms with Crippen LogP contribution in [0.1, 0.15) is 6.92 Å². The lowest BCUT2D eigenvalue weighted by Gasteiger charge is -1.69. The zero-order valence-electron chi connectivity index (χ0n) is 3.79. The fourth-order valence-corrected chi connectivity index (χ4v) is 0.224. The molecule has 4 nitrogen and oxygen atoms in total. The molecule has 0 N–H and O–H groups in total. The Morgan fingerprint density at radius 2 is 2.57 bits per heavy atom. The van der Waals surface area contributed by atoms with Crippen LogP contribution in [0.25, 0.3) is 0 Å². The van der Waals surface area contributed by atoms with Crippen LogP contribution in [0.3, 0.4) is 0 Å². The van der Waals surface area contributed by atoms with Gasteiger partial charge in [-0.05, 0) is 5.11 Å². The molecular weight excluding hydrogens is 92.1 g/mol. The maximum Gasteiger partial charge on any atom is 0.211 e. The van der Waals surface area contributed by atoms with Gasteiger partial charge in [-0.3, -0.25) is 0 Å². The average molecular weight is 95.1 g/mol. The van der Waals surface area contributed by atoms with Crippen LogP contribution in [0.4, 0.5) is 0 Å². The molecule has 1 rings (SSSR count). The highest BCUT2D eigenvalue weighted by Crippen LogP contribution is 1.95. The van der Waals surface area contributed by atoms with E-state index in [1.165, 1.54) is 0 Å². The summed E-state index contributed by atoms with van der Waals surface area (Å²) in [4.78, 5) is 0. The van der Waals surface area contributed by atoms with Crippen molar-refractivity contribution in [2.75, 3.05) is 0 Å². The second-order valence-corrected chi connectivity index (χ2v) is 1.08. The fourth-order valence-electron chi connectivity index (χ4n) is 0.224. The van der Waals surface area contributed by atoms with Crippen molar-refractivity contribution in [2.45, 2.75) is 6.92 Å². The molecule has 4 heteroatoms. The lowest BCUT2D eigenvalue weighted by molar-refractivity contribution is 0.782. The molecule has 0 fully saturated rings. The Morgan fingerprint density at radius 3 is 2.86 bits per heavy atom. The fraction of sp³-hybridized carbons (Fsp3) is 0.333. The van der Waals surface area contributed by atoms with E-state index in [0.717, 1.165) is 0 Å². The Balaban J connectivity index is 2.82. The van der Waals surface area contributed by atoms with Crippen molar-refractivity contribution in [2.24, 2.45) is 15.5 Å². The quantitative estimate of drug-likeness (QED) is 0.427. The Hall–Kier alpha value is -1.06. The van der Waals surface area contributed by atoms with Gasteiger partial charge in [0.15, 0.2) is 6.20 Å². The number of allylic oxidation sites excluding steroid dienone is 1. The Morgan fingerprint density at radius 1 is 1.71 bits per heavy atom. The van der Waals surface area contributed by atoms with Crippen molar-refractivity contribution in [1.29, 1.82) is 0 Å². The molecule has 0 unspecified atom stereocenters. The smallest absolute Gasteiger partial charge is 0.00442 e. The largest absolute Gasteiger partial charge is 0.211 e. The first-order valence-corrected chi connectivity index (χ1v) is 1.80. The molecule has 0 saturated carbocycles. The van der Waals surface area contributed by atoms with E-state index < -0.39 is 0 Å². The molecule has 0 aromatic heterocycles. The van der Waals surface area contributed by atoms with Gasteiger partial charge in [0.1, 0.15) is 0 Å². The minimum atomic E-state index is 0.662. The van der Waals surface area contributed by atoms with Gasteiger partial charge in [-0.15, -0.1) is 0 Å². The minimum Gasteiger partial charge on any atom is -0.00442 e. The zero-order chi connectivity index (χ0) is 5.11. The van der Waals surface area contributed by atoms with Crippen molar-refractivity contribution in [3.05, 3.63) is 11.9 Å². The van der Waals surface area contributed by atoms with Gasteiger partial charge in [0.25, 0.3) is 0 Å². The number of rotatable bonds is 0. The third-order valence-corrected chi connectivity index (χ3v) is 0.491. The van der Waals surface area contributed by atoms with Crippen LogP contribution in [0.2, 0.25) is 0 Å². The van der Waals surface area contributed by atoms with E-state index in [1.807, 2.05) is 0 Å². The Kier molecular flexibility index (Phi) is 0.934. The molecule has 1 aliphatic heterocycles. The van der Waals surface area contributed by atoms with Crippen LogP contribution in [0, 0.1) is 6.20 Å². The third-order valence-electron chi connectivity index (χ3n) is 0.491. The van der Waals surface area contributed by atoms with Crippen LogP contribution in [0.5, 0.6) is 0 Å². The third kappa shape index (κ3) is 0.887. The summed E-state index contributed by atoms with van der Waals surface area (Å²) < 4.78 is 0. The van der Waals surface area contributed by atoms with Crippen LogP contribution < -0.4 is 5.22 Å². The first-order valence-electron chi connectivity index (χ1n) is 1.80. The predicted octanol–water partition coefficient (Wildman–Crippen LogP) is 0.820. The topological polar surface area (TPSA) is 51.2 Å². The summed E-state index contributed by atoms with van der Waals surface area (Å²) in [5.41, 5.74) is 0.662. The number of nitrogens with zero attached hydrogens (tertiary/aromatic N) is 4. The van der Waals surface area contributed by atoms with Crippen molar-refractivity contribution in [3.63, 3.8) is 0 Å².